The van der Waals surface area contributed by atoms with Crippen molar-refractivity contribution in [1.82, 2.24) is 10.0 Å². The van der Waals surface area contributed by atoms with E-state index in [-0.39, 0.29) is 0 Å². The molecule has 2 heteroatoms. The number of hydrogen-bond acceptors (Lipinski definition) is 2. The summed E-state index contributed by atoms with van der Waals surface area (Å²) in [5.74, 6) is 0.956. The van der Waals surface area contributed by atoms with Gasteiger partial charge in [-0.15, -0.1) is 0 Å². The highest BCUT2D eigenvalue weighted by atomic mass is 15.6. The van der Waals surface area contributed by atoms with Crippen molar-refractivity contribution in [1.29, 1.82) is 0 Å². The summed E-state index contributed by atoms with van der Waals surface area (Å²) in [6, 6.07) is 0.868. The van der Waals surface area contributed by atoms with Gasteiger partial charge in [-0.25, -0.2) is 10.0 Å². The molecule has 0 N–H and O–H groups in total. The van der Waals surface area contributed by atoms with Crippen LogP contribution in [0, 0.1) is 5.92 Å². The van der Waals surface area contributed by atoms with Gasteiger partial charge in [0.05, 0.1) is 0 Å². The summed E-state index contributed by atoms with van der Waals surface area (Å²) in [4.78, 5) is 0. The number of piperidine rings is 1. The van der Waals surface area contributed by atoms with Gasteiger partial charge in [0.2, 0.25) is 0 Å². The molecule has 0 aromatic heterocycles. The minimum absolute atomic E-state index is 0.868. The molecule has 2 aliphatic rings. The Morgan fingerprint density at radius 1 is 1.17 bits per heavy atom. The van der Waals surface area contributed by atoms with Crippen LogP contribution in [-0.4, -0.2) is 36.2 Å². The maximum absolute atomic E-state index is 2.59. The fourth-order valence-electron chi connectivity index (χ4n) is 2.64. The molecule has 2 fully saturated rings. The molecule has 0 radical (unpaired) electrons. The van der Waals surface area contributed by atoms with Crippen molar-refractivity contribution >= 4 is 0 Å². The molecule has 2 aliphatic heterocycles. The number of hydrogen-bond donors (Lipinski definition) is 0. The van der Waals surface area contributed by atoms with Gasteiger partial charge in [0.15, 0.2) is 0 Å². The SMILES string of the molecule is C[C@@H]1CCN2C(CCCN2C)C1. The van der Waals surface area contributed by atoms with Crippen LogP contribution in [0.1, 0.15) is 32.6 Å². The normalized spacial score (nSPS) is 39.5. The summed E-state index contributed by atoms with van der Waals surface area (Å²) in [5, 5.41) is 5.02. The van der Waals surface area contributed by atoms with Crippen molar-refractivity contribution in [3.05, 3.63) is 0 Å². The molecule has 0 aliphatic carbocycles. The van der Waals surface area contributed by atoms with Crippen LogP contribution in [0.5, 0.6) is 0 Å². The van der Waals surface area contributed by atoms with Crippen molar-refractivity contribution in [3.8, 4) is 0 Å². The van der Waals surface area contributed by atoms with Crippen LogP contribution in [0.4, 0.5) is 0 Å². The third-order valence-electron chi connectivity index (χ3n) is 3.40. The summed E-state index contributed by atoms with van der Waals surface area (Å²) in [5.41, 5.74) is 0. The molecular formula is C10H20N2. The van der Waals surface area contributed by atoms with E-state index in [0.717, 1.165) is 12.0 Å². The highest BCUT2D eigenvalue weighted by molar-refractivity contribution is 4.81. The average molecular weight is 168 g/mol. The predicted molar refractivity (Wildman–Crippen MR) is 50.8 cm³/mol. The zero-order chi connectivity index (χ0) is 8.55. The van der Waals surface area contributed by atoms with E-state index in [1.165, 1.54) is 38.8 Å². The number of rotatable bonds is 0. The Morgan fingerprint density at radius 3 is 2.83 bits per heavy atom. The Balaban J connectivity index is 1.99. The van der Waals surface area contributed by atoms with Gasteiger partial charge in [-0.05, 0) is 31.6 Å². The maximum atomic E-state index is 2.59. The molecule has 0 bridgehead atoms. The van der Waals surface area contributed by atoms with E-state index in [9.17, 15) is 0 Å². The first kappa shape index (κ1) is 8.52. The molecule has 70 valence electrons. The molecule has 2 rings (SSSR count). The Bertz CT molecular complexity index is 158. The van der Waals surface area contributed by atoms with E-state index in [1.807, 2.05) is 0 Å². The van der Waals surface area contributed by atoms with Crippen molar-refractivity contribution in [2.24, 2.45) is 5.92 Å². The topological polar surface area (TPSA) is 6.48 Å². The zero-order valence-electron chi connectivity index (χ0n) is 8.29. The lowest BCUT2D eigenvalue weighted by atomic mass is 9.90. The molecule has 1 unspecified atom stereocenters. The van der Waals surface area contributed by atoms with Crippen molar-refractivity contribution in [2.45, 2.75) is 38.6 Å². The number of fused-ring (bicyclic) bond motifs is 1. The predicted octanol–water partition coefficient (Wildman–Crippen LogP) is 1.73. The van der Waals surface area contributed by atoms with E-state index < -0.39 is 0 Å². The molecule has 0 aromatic carbocycles. The maximum Gasteiger partial charge on any atom is 0.0248 e. The minimum atomic E-state index is 0.868. The van der Waals surface area contributed by atoms with Gasteiger partial charge in [0, 0.05) is 26.2 Å². The third-order valence-corrected chi connectivity index (χ3v) is 3.40. The monoisotopic (exact) mass is 168 g/mol. The molecule has 12 heavy (non-hydrogen) atoms. The Hall–Kier alpha value is -0.0800. The lowest BCUT2D eigenvalue weighted by Gasteiger charge is -2.46. The molecule has 2 atom stereocenters. The summed E-state index contributed by atoms with van der Waals surface area (Å²) in [7, 11) is 2.24. The van der Waals surface area contributed by atoms with Gasteiger partial charge in [0.25, 0.3) is 0 Å². The second-order valence-corrected chi connectivity index (χ2v) is 4.47. The van der Waals surface area contributed by atoms with E-state index in [1.54, 1.807) is 0 Å². The molecule has 0 spiro atoms. The second kappa shape index (κ2) is 3.35. The van der Waals surface area contributed by atoms with Crippen LogP contribution >= 0.6 is 0 Å². The molecule has 2 nitrogen and oxygen atoms in total. The fourth-order valence-corrected chi connectivity index (χ4v) is 2.64. The van der Waals surface area contributed by atoms with Crippen molar-refractivity contribution in [2.75, 3.05) is 20.1 Å². The van der Waals surface area contributed by atoms with Crippen LogP contribution in [0.3, 0.4) is 0 Å². The zero-order valence-corrected chi connectivity index (χ0v) is 8.29. The van der Waals surface area contributed by atoms with Crippen LogP contribution in [0.15, 0.2) is 0 Å². The van der Waals surface area contributed by atoms with Crippen molar-refractivity contribution < 1.29 is 0 Å². The standard InChI is InChI=1S/C10H20N2/c1-9-5-7-12-10(8-9)4-3-6-11(12)2/h9-10H,3-8H2,1-2H3/t9-,10?/m1/s1. The smallest absolute Gasteiger partial charge is 0.0248 e. The van der Waals surface area contributed by atoms with Gasteiger partial charge in [-0.2, -0.15) is 0 Å². The van der Waals surface area contributed by atoms with E-state index in [4.69, 9.17) is 0 Å². The van der Waals surface area contributed by atoms with Crippen LogP contribution in [0.25, 0.3) is 0 Å². The second-order valence-electron chi connectivity index (χ2n) is 4.47. The molecule has 0 saturated carbocycles. The summed E-state index contributed by atoms with van der Waals surface area (Å²) < 4.78 is 0. The molecule has 0 amide bonds. The first-order valence-electron chi connectivity index (χ1n) is 5.25. The Labute approximate surface area is 75.5 Å². The van der Waals surface area contributed by atoms with Gasteiger partial charge < -0.3 is 0 Å². The molecule has 2 heterocycles. The Morgan fingerprint density at radius 2 is 2.00 bits per heavy atom. The molecule has 2 saturated heterocycles. The highest BCUT2D eigenvalue weighted by Crippen LogP contribution is 2.28. The number of nitrogens with zero attached hydrogens (tertiary/aromatic N) is 2. The lowest BCUT2D eigenvalue weighted by molar-refractivity contribution is -0.0966. The van der Waals surface area contributed by atoms with Crippen LogP contribution < -0.4 is 0 Å². The van der Waals surface area contributed by atoms with Crippen LogP contribution in [0.2, 0.25) is 0 Å². The van der Waals surface area contributed by atoms with Gasteiger partial charge in [-0.1, -0.05) is 6.92 Å². The first-order valence-corrected chi connectivity index (χ1v) is 5.25. The molecule has 0 aromatic rings. The van der Waals surface area contributed by atoms with E-state index >= 15 is 0 Å². The van der Waals surface area contributed by atoms with Crippen molar-refractivity contribution in [3.63, 3.8) is 0 Å². The third kappa shape index (κ3) is 1.50. The average Bonchev–Trinajstić information content (AvgIpc) is 2.04. The lowest BCUT2D eigenvalue weighted by Crippen LogP contribution is -2.54. The summed E-state index contributed by atoms with van der Waals surface area (Å²) >= 11 is 0. The molecular weight excluding hydrogens is 148 g/mol. The van der Waals surface area contributed by atoms with Crippen LogP contribution in [-0.2, 0) is 0 Å². The summed E-state index contributed by atoms with van der Waals surface area (Å²) in [6.45, 7) is 4.96. The first-order chi connectivity index (χ1) is 5.77. The fraction of sp³-hybridized carbons (Fsp3) is 1.00. The number of hydrazine groups is 1. The quantitative estimate of drug-likeness (QED) is 0.543. The van der Waals surface area contributed by atoms with Gasteiger partial charge in [0.1, 0.15) is 0 Å². The van der Waals surface area contributed by atoms with Gasteiger partial charge in [-0.3, -0.25) is 0 Å². The Kier molecular flexibility index (Phi) is 2.37. The van der Waals surface area contributed by atoms with Gasteiger partial charge >= 0.3 is 0 Å². The minimum Gasteiger partial charge on any atom is -0.245 e. The summed E-state index contributed by atoms with van der Waals surface area (Å²) in [6.07, 6.45) is 5.63. The highest BCUT2D eigenvalue weighted by Gasteiger charge is 2.31. The van der Waals surface area contributed by atoms with E-state index in [0.29, 0.717) is 0 Å². The largest absolute Gasteiger partial charge is 0.245 e. The van der Waals surface area contributed by atoms with E-state index in [2.05, 4.69) is 24.0 Å².